The number of halogens is 3. The molecule has 0 saturated heterocycles. The van der Waals surface area contributed by atoms with Crippen LogP contribution < -0.4 is 5.32 Å². The van der Waals surface area contributed by atoms with Crippen LogP contribution in [0.4, 0.5) is 18.9 Å². The Morgan fingerprint density at radius 1 is 1.23 bits per heavy atom. The summed E-state index contributed by atoms with van der Waals surface area (Å²) in [5, 5.41) is 8.26. The van der Waals surface area contributed by atoms with Crippen LogP contribution in [0.3, 0.4) is 0 Å². The average molecular weight is 311 g/mol. The van der Waals surface area contributed by atoms with Crippen molar-refractivity contribution in [2.24, 2.45) is 0 Å². The Bertz CT molecular complexity index is 660. The van der Waals surface area contributed by atoms with E-state index in [0.29, 0.717) is 11.4 Å². The number of anilines is 1. The van der Waals surface area contributed by atoms with Gasteiger partial charge in [0.25, 0.3) is 0 Å². The van der Waals surface area contributed by atoms with Crippen molar-refractivity contribution in [1.29, 1.82) is 0 Å². The van der Waals surface area contributed by atoms with Crippen LogP contribution in [0.1, 0.15) is 28.9 Å². The fraction of sp³-hybridized carbons (Fsp3) is 0.333. The minimum atomic E-state index is -4.52. The largest absolute Gasteiger partial charge is 0.435 e. The Labute approximate surface area is 125 Å². The van der Waals surface area contributed by atoms with E-state index in [2.05, 4.69) is 15.5 Å². The molecule has 22 heavy (non-hydrogen) atoms. The van der Waals surface area contributed by atoms with E-state index in [9.17, 15) is 18.0 Å². The molecule has 2 aromatic rings. The topological polar surface area (TPSA) is 57.8 Å². The summed E-state index contributed by atoms with van der Waals surface area (Å²) in [7, 11) is 0. The summed E-state index contributed by atoms with van der Waals surface area (Å²) in [6.07, 6.45) is -4.58. The number of hydrogen-bond donors (Lipinski definition) is 2. The monoisotopic (exact) mass is 311 g/mol. The Balaban J connectivity index is 2.00. The average Bonchev–Trinajstić information content (AvgIpc) is 2.80. The third kappa shape index (κ3) is 3.87. The van der Waals surface area contributed by atoms with Gasteiger partial charge in [0.15, 0.2) is 5.69 Å². The first kappa shape index (κ1) is 16.1. The lowest BCUT2D eigenvalue weighted by Crippen LogP contribution is -2.14. The number of rotatable bonds is 4. The van der Waals surface area contributed by atoms with Gasteiger partial charge in [-0.3, -0.25) is 9.89 Å². The zero-order chi connectivity index (χ0) is 16.3. The summed E-state index contributed by atoms with van der Waals surface area (Å²) in [5.74, 6) is -0.336. The Kier molecular flexibility index (Phi) is 4.54. The smallest absolute Gasteiger partial charge is 0.326 e. The molecule has 7 heteroatoms. The van der Waals surface area contributed by atoms with Crippen LogP contribution in [0, 0.1) is 13.8 Å². The quantitative estimate of drug-likeness (QED) is 0.906. The Morgan fingerprint density at radius 2 is 1.86 bits per heavy atom. The van der Waals surface area contributed by atoms with E-state index < -0.39 is 11.9 Å². The number of carbonyl (C=O) groups is 1. The van der Waals surface area contributed by atoms with Gasteiger partial charge < -0.3 is 5.32 Å². The number of aromatic nitrogens is 2. The SMILES string of the molecule is Cc1ccc(NC(=O)CCc2c(C(F)(F)F)n[nH]c2C)cc1. The number of H-pyrrole nitrogens is 1. The minimum absolute atomic E-state index is 0.0190. The van der Waals surface area contributed by atoms with E-state index in [1.165, 1.54) is 6.92 Å². The number of alkyl halides is 3. The molecule has 0 saturated carbocycles. The summed E-state index contributed by atoms with van der Waals surface area (Å²) in [6, 6.07) is 7.18. The second-order valence-corrected chi connectivity index (χ2v) is 5.09. The zero-order valence-electron chi connectivity index (χ0n) is 12.2. The van der Waals surface area contributed by atoms with Crippen molar-refractivity contribution < 1.29 is 18.0 Å². The highest BCUT2D eigenvalue weighted by molar-refractivity contribution is 5.90. The molecule has 0 bridgehead atoms. The van der Waals surface area contributed by atoms with E-state index in [1.807, 2.05) is 19.1 Å². The molecule has 1 aromatic carbocycles. The summed E-state index contributed by atoms with van der Waals surface area (Å²) in [6.45, 7) is 3.43. The lowest BCUT2D eigenvalue weighted by Gasteiger charge is -2.08. The number of aryl methyl sites for hydroxylation is 2. The normalized spacial score (nSPS) is 11.5. The fourth-order valence-electron chi connectivity index (χ4n) is 2.09. The predicted molar refractivity (Wildman–Crippen MR) is 76.5 cm³/mol. The lowest BCUT2D eigenvalue weighted by molar-refractivity contribution is -0.141. The number of carbonyl (C=O) groups excluding carboxylic acids is 1. The van der Waals surface area contributed by atoms with Crippen molar-refractivity contribution in [2.45, 2.75) is 32.9 Å². The van der Waals surface area contributed by atoms with Gasteiger partial charge in [-0.15, -0.1) is 0 Å². The first-order valence-electron chi connectivity index (χ1n) is 6.75. The van der Waals surface area contributed by atoms with Crippen LogP contribution in [0.25, 0.3) is 0 Å². The van der Waals surface area contributed by atoms with Crippen molar-refractivity contribution >= 4 is 11.6 Å². The second kappa shape index (κ2) is 6.21. The molecule has 0 aliphatic rings. The van der Waals surface area contributed by atoms with Gasteiger partial charge in [-0.1, -0.05) is 17.7 Å². The van der Waals surface area contributed by atoms with Crippen molar-refractivity contribution in [3.63, 3.8) is 0 Å². The van der Waals surface area contributed by atoms with Gasteiger partial charge in [0.05, 0.1) is 0 Å². The van der Waals surface area contributed by atoms with E-state index in [1.54, 1.807) is 12.1 Å². The molecule has 0 atom stereocenters. The molecule has 0 fully saturated rings. The highest BCUT2D eigenvalue weighted by Gasteiger charge is 2.37. The van der Waals surface area contributed by atoms with E-state index in [0.717, 1.165) is 5.56 Å². The number of nitrogens with one attached hydrogen (secondary N) is 2. The van der Waals surface area contributed by atoms with Gasteiger partial charge >= 0.3 is 6.18 Å². The van der Waals surface area contributed by atoms with Gasteiger partial charge in [0, 0.05) is 23.4 Å². The molecule has 1 amide bonds. The molecule has 0 aliphatic carbocycles. The van der Waals surface area contributed by atoms with Gasteiger partial charge in [0.2, 0.25) is 5.91 Å². The van der Waals surface area contributed by atoms with Crippen molar-refractivity contribution in [3.05, 3.63) is 46.8 Å². The van der Waals surface area contributed by atoms with E-state index >= 15 is 0 Å². The Hall–Kier alpha value is -2.31. The standard InChI is InChI=1S/C15H16F3N3O/c1-9-3-5-11(6-4-9)19-13(22)8-7-12-10(2)20-21-14(12)15(16,17)18/h3-6H,7-8H2,1-2H3,(H,19,22)(H,20,21). The maximum Gasteiger partial charge on any atom is 0.435 e. The fourth-order valence-corrected chi connectivity index (χ4v) is 2.09. The Morgan fingerprint density at radius 3 is 2.45 bits per heavy atom. The van der Waals surface area contributed by atoms with Gasteiger partial charge in [-0.05, 0) is 32.4 Å². The van der Waals surface area contributed by atoms with E-state index in [-0.39, 0.29) is 24.3 Å². The molecule has 0 radical (unpaired) electrons. The lowest BCUT2D eigenvalue weighted by atomic mass is 10.1. The van der Waals surface area contributed by atoms with Crippen LogP contribution in [0.5, 0.6) is 0 Å². The predicted octanol–water partition coefficient (Wildman–Crippen LogP) is 3.62. The number of aromatic amines is 1. The van der Waals surface area contributed by atoms with Crippen LogP contribution in [0.2, 0.25) is 0 Å². The number of hydrogen-bond acceptors (Lipinski definition) is 2. The molecule has 1 aromatic heterocycles. The first-order chi connectivity index (χ1) is 10.3. The molecule has 118 valence electrons. The molecule has 0 aliphatic heterocycles. The van der Waals surface area contributed by atoms with Crippen molar-refractivity contribution in [3.8, 4) is 0 Å². The maximum atomic E-state index is 12.8. The molecule has 1 heterocycles. The van der Waals surface area contributed by atoms with Crippen LogP contribution in [-0.2, 0) is 17.4 Å². The van der Waals surface area contributed by atoms with Crippen LogP contribution in [0.15, 0.2) is 24.3 Å². The molecule has 0 unspecified atom stereocenters. The first-order valence-corrected chi connectivity index (χ1v) is 6.75. The number of benzene rings is 1. The molecular weight excluding hydrogens is 295 g/mol. The van der Waals surface area contributed by atoms with Crippen LogP contribution in [-0.4, -0.2) is 16.1 Å². The number of amides is 1. The summed E-state index contributed by atoms with van der Waals surface area (Å²) < 4.78 is 38.4. The summed E-state index contributed by atoms with van der Waals surface area (Å²) in [4.78, 5) is 11.8. The molecular formula is C15H16F3N3O. The maximum absolute atomic E-state index is 12.8. The van der Waals surface area contributed by atoms with Crippen LogP contribution >= 0.6 is 0 Å². The van der Waals surface area contributed by atoms with E-state index in [4.69, 9.17) is 0 Å². The molecule has 4 nitrogen and oxygen atoms in total. The van der Waals surface area contributed by atoms with Gasteiger partial charge in [0.1, 0.15) is 0 Å². The van der Waals surface area contributed by atoms with Crippen molar-refractivity contribution in [2.75, 3.05) is 5.32 Å². The van der Waals surface area contributed by atoms with Gasteiger partial charge in [-0.2, -0.15) is 18.3 Å². The number of nitrogens with zero attached hydrogens (tertiary/aromatic N) is 1. The third-order valence-corrected chi connectivity index (χ3v) is 3.28. The second-order valence-electron chi connectivity index (χ2n) is 5.09. The highest BCUT2D eigenvalue weighted by Crippen LogP contribution is 2.32. The highest BCUT2D eigenvalue weighted by atomic mass is 19.4. The molecule has 2 N–H and O–H groups in total. The van der Waals surface area contributed by atoms with Crippen molar-refractivity contribution in [1.82, 2.24) is 10.2 Å². The molecule has 0 spiro atoms. The summed E-state index contributed by atoms with van der Waals surface area (Å²) in [5.41, 5.74) is 1.09. The van der Waals surface area contributed by atoms with Gasteiger partial charge in [-0.25, -0.2) is 0 Å². The zero-order valence-corrected chi connectivity index (χ0v) is 12.2. The minimum Gasteiger partial charge on any atom is -0.326 e. The summed E-state index contributed by atoms with van der Waals surface area (Å²) >= 11 is 0. The molecule has 2 rings (SSSR count). The third-order valence-electron chi connectivity index (χ3n) is 3.28.